The molecule has 4 nitrogen and oxygen atoms in total. The molecule has 0 aliphatic heterocycles. The number of carbonyl (C=O) groups excluding carboxylic acids is 1. The monoisotopic (exact) mass is 256 g/mol. The van der Waals surface area contributed by atoms with Gasteiger partial charge in [-0.3, -0.25) is 4.79 Å². The molecule has 0 bridgehead atoms. The van der Waals surface area contributed by atoms with Gasteiger partial charge in [-0.15, -0.1) is 0 Å². The summed E-state index contributed by atoms with van der Waals surface area (Å²) in [4.78, 5) is 14.8. The highest BCUT2D eigenvalue weighted by Crippen LogP contribution is 2.26. The third-order valence-electron chi connectivity index (χ3n) is 2.62. The molecule has 1 aromatic carbocycles. The predicted octanol–water partition coefficient (Wildman–Crippen LogP) is 2.58. The van der Waals surface area contributed by atoms with Gasteiger partial charge >= 0.3 is 0 Å². The molecule has 2 rings (SSSR count). The van der Waals surface area contributed by atoms with Crippen molar-refractivity contribution >= 4 is 6.29 Å². The van der Waals surface area contributed by atoms with Crippen molar-refractivity contribution in [3.8, 4) is 23.1 Å². The van der Waals surface area contributed by atoms with Crippen molar-refractivity contribution in [3.05, 3.63) is 47.4 Å². The minimum atomic E-state index is -0.626. The van der Waals surface area contributed by atoms with Crippen LogP contribution >= 0.6 is 0 Å². The first-order valence-electron chi connectivity index (χ1n) is 5.39. The Morgan fingerprint density at radius 1 is 1.42 bits per heavy atom. The average molecular weight is 256 g/mol. The van der Waals surface area contributed by atoms with Gasteiger partial charge in [-0.05, 0) is 29.8 Å². The lowest BCUT2D eigenvalue weighted by Gasteiger charge is -2.07. The van der Waals surface area contributed by atoms with E-state index in [-0.39, 0.29) is 5.88 Å². The molecule has 0 saturated carbocycles. The SMILES string of the molecule is COc1ncc(-c2cc(C#N)ccc2C=O)cc1F. The van der Waals surface area contributed by atoms with Gasteiger partial charge in [0.15, 0.2) is 12.1 Å². The van der Waals surface area contributed by atoms with E-state index in [0.29, 0.717) is 28.5 Å². The Hall–Kier alpha value is -2.74. The predicted molar refractivity (Wildman–Crippen MR) is 66.3 cm³/mol. The van der Waals surface area contributed by atoms with Crippen molar-refractivity contribution in [2.75, 3.05) is 7.11 Å². The molecule has 1 aromatic heterocycles. The normalized spacial score (nSPS) is 9.74. The zero-order valence-electron chi connectivity index (χ0n) is 10.1. The summed E-state index contributed by atoms with van der Waals surface area (Å²) >= 11 is 0. The summed E-state index contributed by atoms with van der Waals surface area (Å²) in [5.74, 6) is -0.743. The van der Waals surface area contributed by atoms with Crippen LogP contribution in [0.3, 0.4) is 0 Å². The lowest BCUT2D eigenvalue weighted by molar-refractivity contribution is 0.112. The molecule has 0 saturated heterocycles. The second kappa shape index (κ2) is 5.27. The summed E-state index contributed by atoms with van der Waals surface area (Å²) in [5, 5.41) is 8.86. The first kappa shape index (κ1) is 12.7. The molecule has 94 valence electrons. The van der Waals surface area contributed by atoms with Gasteiger partial charge in [-0.1, -0.05) is 0 Å². The second-order valence-corrected chi connectivity index (χ2v) is 3.75. The highest BCUT2D eigenvalue weighted by atomic mass is 19.1. The second-order valence-electron chi connectivity index (χ2n) is 3.75. The van der Waals surface area contributed by atoms with E-state index in [9.17, 15) is 9.18 Å². The molecule has 0 radical (unpaired) electrons. The van der Waals surface area contributed by atoms with Gasteiger partial charge in [0.05, 0.1) is 18.7 Å². The Kier molecular flexibility index (Phi) is 3.53. The maximum Gasteiger partial charge on any atom is 0.250 e. The van der Waals surface area contributed by atoms with Crippen LogP contribution in [0.5, 0.6) is 5.88 Å². The quantitative estimate of drug-likeness (QED) is 0.792. The molecular formula is C14H9FN2O2. The molecule has 2 aromatic rings. The number of halogens is 1. The number of hydrogen-bond acceptors (Lipinski definition) is 4. The molecule has 0 aliphatic carbocycles. The highest BCUT2D eigenvalue weighted by molar-refractivity contribution is 5.88. The fourth-order valence-corrected chi connectivity index (χ4v) is 1.70. The molecular weight excluding hydrogens is 247 g/mol. The summed E-state index contributed by atoms with van der Waals surface area (Å²) in [7, 11) is 1.32. The van der Waals surface area contributed by atoms with Crippen LogP contribution in [0.25, 0.3) is 11.1 Å². The number of methoxy groups -OCH3 is 1. The number of aldehydes is 1. The van der Waals surface area contributed by atoms with Crippen LogP contribution < -0.4 is 4.74 Å². The van der Waals surface area contributed by atoms with Crippen LogP contribution in [-0.2, 0) is 0 Å². The zero-order valence-corrected chi connectivity index (χ0v) is 10.1. The largest absolute Gasteiger partial charge is 0.479 e. The van der Waals surface area contributed by atoms with Crippen LogP contribution in [-0.4, -0.2) is 18.4 Å². The van der Waals surface area contributed by atoms with Crippen LogP contribution in [0.15, 0.2) is 30.5 Å². The molecule has 0 spiro atoms. The van der Waals surface area contributed by atoms with Crippen molar-refractivity contribution in [1.82, 2.24) is 4.98 Å². The van der Waals surface area contributed by atoms with E-state index in [4.69, 9.17) is 10.00 Å². The molecule has 0 fully saturated rings. The van der Waals surface area contributed by atoms with Gasteiger partial charge in [0.1, 0.15) is 0 Å². The van der Waals surface area contributed by atoms with Gasteiger partial charge in [0.2, 0.25) is 5.88 Å². The first-order chi connectivity index (χ1) is 9.19. The smallest absolute Gasteiger partial charge is 0.250 e. The summed E-state index contributed by atoms with van der Waals surface area (Å²) < 4.78 is 18.3. The Balaban J connectivity index is 2.60. The van der Waals surface area contributed by atoms with Gasteiger partial charge < -0.3 is 4.74 Å². The first-order valence-corrected chi connectivity index (χ1v) is 5.39. The molecule has 0 N–H and O–H groups in total. The van der Waals surface area contributed by atoms with Crippen molar-refractivity contribution in [1.29, 1.82) is 5.26 Å². The van der Waals surface area contributed by atoms with Crippen molar-refractivity contribution < 1.29 is 13.9 Å². The van der Waals surface area contributed by atoms with E-state index in [1.54, 1.807) is 0 Å². The number of benzene rings is 1. The third kappa shape index (κ3) is 2.43. The lowest BCUT2D eigenvalue weighted by Crippen LogP contribution is -1.95. The Labute approximate surface area is 109 Å². The molecule has 5 heteroatoms. The molecule has 0 atom stereocenters. The molecule has 0 unspecified atom stereocenters. The van der Waals surface area contributed by atoms with Crippen LogP contribution in [0.2, 0.25) is 0 Å². The van der Waals surface area contributed by atoms with E-state index < -0.39 is 5.82 Å². The van der Waals surface area contributed by atoms with Gasteiger partial charge in [0, 0.05) is 17.3 Å². The van der Waals surface area contributed by atoms with Crippen molar-refractivity contribution in [3.63, 3.8) is 0 Å². The van der Waals surface area contributed by atoms with Gasteiger partial charge in [0.25, 0.3) is 0 Å². The van der Waals surface area contributed by atoms with Crippen LogP contribution in [0, 0.1) is 17.1 Å². The fraction of sp³-hybridized carbons (Fsp3) is 0.0714. The van der Waals surface area contributed by atoms with E-state index in [1.807, 2.05) is 6.07 Å². The minimum Gasteiger partial charge on any atom is -0.479 e. The average Bonchev–Trinajstić information content (AvgIpc) is 2.46. The number of hydrogen-bond donors (Lipinski definition) is 0. The van der Waals surface area contributed by atoms with Crippen LogP contribution in [0.1, 0.15) is 15.9 Å². The summed E-state index contributed by atoms with van der Waals surface area (Å²) in [5.41, 5.74) is 1.63. The van der Waals surface area contributed by atoms with Crippen molar-refractivity contribution in [2.24, 2.45) is 0 Å². The van der Waals surface area contributed by atoms with Crippen LogP contribution in [0.4, 0.5) is 4.39 Å². The zero-order chi connectivity index (χ0) is 13.8. The fourth-order valence-electron chi connectivity index (χ4n) is 1.70. The number of rotatable bonds is 3. The van der Waals surface area contributed by atoms with Gasteiger partial charge in [-0.2, -0.15) is 5.26 Å². The number of nitrogens with zero attached hydrogens (tertiary/aromatic N) is 2. The maximum absolute atomic E-state index is 13.6. The Bertz CT molecular complexity index is 678. The van der Waals surface area contributed by atoms with E-state index in [1.165, 1.54) is 37.6 Å². The van der Waals surface area contributed by atoms with E-state index in [2.05, 4.69) is 4.98 Å². The Morgan fingerprint density at radius 3 is 2.79 bits per heavy atom. The van der Waals surface area contributed by atoms with Crippen molar-refractivity contribution in [2.45, 2.75) is 0 Å². The number of carbonyl (C=O) groups is 1. The molecule has 1 heterocycles. The summed E-state index contributed by atoms with van der Waals surface area (Å²) in [6.07, 6.45) is 2.05. The van der Waals surface area contributed by atoms with Gasteiger partial charge in [-0.25, -0.2) is 9.37 Å². The minimum absolute atomic E-state index is 0.118. The third-order valence-corrected chi connectivity index (χ3v) is 2.62. The molecule has 0 amide bonds. The van der Waals surface area contributed by atoms with E-state index in [0.717, 1.165) is 0 Å². The number of nitriles is 1. The molecule has 19 heavy (non-hydrogen) atoms. The maximum atomic E-state index is 13.6. The molecule has 0 aliphatic rings. The van der Waals surface area contributed by atoms with E-state index >= 15 is 0 Å². The summed E-state index contributed by atoms with van der Waals surface area (Å²) in [6, 6.07) is 7.75. The number of ether oxygens (including phenoxy) is 1. The number of aromatic nitrogens is 1. The number of pyridine rings is 1. The Morgan fingerprint density at radius 2 is 2.21 bits per heavy atom. The summed E-state index contributed by atoms with van der Waals surface area (Å²) in [6.45, 7) is 0. The standard InChI is InChI=1S/C14H9FN2O2/c1-19-14-13(15)5-11(7-17-14)12-4-9(6-16)2-3-10(12)8-18/h2-5,7-8H,1H3. The lowest BCUT2D eigenvalue weighted by atomic mass is 9.99. The highest BCUT2D eigenvalue weighted by Gasteiger charge is 2.10. The topological polar surface area (TPSA) is 63.0 Å².